The van der Waals surface area contributed by atoms with E-state index < -0.39 is 9.84 Å². The maximum absolute atomic E-state index is 11.1. The zero-order valence-corrected chi connectivity index (χ0v) is 11.8. The lowest BCUT2D eigenvalue weighted by Crippen LogP contribution is -2.11. The molecule has 2 rings (SSSR count). The van der Waals surface area contributed by atoms with Crippen LogP contribution in [0.2, 0.25) is 0 Å². The van der Waals surface area contributed by atoms with Crippen LogP contribution in [-0.2, 0) is 16.4 Å². The summed E-state index contributed by atoms with van der Waals surface area (Å²) >= 11 is 0. The van der Waals surface area contributed by atoms with Gasteiger partial charge in [0.25, 0.3) is 0 Å². The summed E-state index contributed by atoms with van der Waals surface area (Å²) in [4.78, 5) is 0. The summed E-state index contributed by atoms with van der Waals surface area (Å²) in [6.45, 7) is 2.33. The minimum Gasteiger partial charge on any atom is -0.396 e. The number of anilines is 1. The van der Waals surface area contributed by atoms with Gasteiger partial charge in [-0.1, -0.05) is 29.8 Å². The highest BCUT2D eigenvalue weighted by Gasteiger charge is 2.10. The van der Waals surface area contributed by atoms with Crippen LogP contribution in [-0.4, -0.2) is 30.2 Å². The van der Waals surface area contributed by atoms with Crippen LogP contribution in [0.4, 0.5) is 5.69 Å². The first kappa shape index (κ1) is 13.6. The average Bonchev–Trinajstić information content (AvgIpc) is 2.68. The van der Waals surface area contributed by atoms with Crippen molar-refractivity contribution < 1.29 is 8.42 Å². The number of aryl methyl sites for hydroxylation is 2. The summed E-state index contributed by atoms with van der Waals surface area (Å²) in [6, 6.07) is 7.89. The van der Waals surface area contributed by atoms with Crippen LogP contribution in [0.25, 0.3) is 11.3 Å². The standard InChI is InChI=1S/C13H17N3O2S/c1-10-3-5-11(6-4-10)13-12(14)9-16(15-13)7-8-19(2,17)18/h3-6,9H,7-8,14H2,1-2H3. The largest absolute Gasteiger partial charge is 0.396 e. The van der Waals surface area contributed by atoms with Crippen molar-refractivity contribution in [3.8, 4) is 11.3 Å². The second kappa shape index (κ2) is 5.05. The van der Waals surface area contributed by atoms with Gasteiger partial charge in [-0.05, 0) is 6.92 Å². The van der Waals surface area contributed by atoms with Crippen LogP contribution in [0, 0.1) is 6.92 Å². The molecule has 0 bridgehead atoms. The van der Waals surface area contributed by atoms with E-state index in [9.17, 15) is 8.42 Å². The van der Waals surface area contributed by atoms with E-state index in [4.69, 9.17) is 5.73 Å². The smallest absolute Gasteiger partial charge is 0.149 e. The summed E-state index contributed by atoms with van der Waals surface area (Å²) in [6.07, 6.45) is 2.88. The Balaban J connectivity index is 2.24. The van der Waals surface area contributed by atoms with Gasteiger partial charge in [-0.25, -0.2) is 8.42 Å². The van der Waals surface area contributed by atoms with Gasteiger partial charge in [0.2, 0.25) is 0 Å². The van der Waals surface area contributed by atoms with Crippen LogP contribution in [0.3, 0.4) is 0 Å². The van der Waals surface area contributed by atoms with E-state index in [0.717, 1.165) is 5.56 Å². The number of nitrogen functional groups attached to an aromatic ring is 1. The number of benzene rings is 1. The number of sulfone groups is 1. The van der Waals surface area contributed by atoms with Crippen molar-refractivity contribution in [1.82, 2.24) is 9.78 Å². The summed E-state index contributed by atoms with van der Waals surface area (Å²) in [5.41, 5.74) is 9.26. The molecule has 1 heterocycles. The maximum atomic E-state index is 11.1. The molecule has 2 aromatic rings. The molecule has 0 saturated carbocycles. The number of aromatic nitrogens is 2. The average molecular weight is 279 g/mol. The minimum absolute atomic E-state index is 0.0570. The highest BCUT2D eigenvalue weighted by molar-refractivity contribution is 7.90. The van der Waals surface area contributed by atoms with Crippen molar-refractivity contribution >= 4 is 15.5 Å². The maximum Gasteiger partial charge on any atom is 0.149 e. The van der Waals surface area contributed by atoms with Crippen molar-refractivity contribution in [3.05, 3.63) is 36.0 Å². The highest BCUT2D eigenvalue weighted by atomic mass is 32.2. The summed E-state index contributed by atoms with van der Waals surface area (Å²) in [7, 11) is -3.00. The molecule has 0 atom stereocenters. The van der Waals surface area contributed by atoms with E-state index in [-0.39, 0.29) is 5.75 Å². The lowest BCUT2D eigenvalue weighted by molar-refractivity contribution is 0.586. The predicted molar refractivity (Wildman–Crippen MR) is 76.5 cm³/mol. The van der Waals surface area contributed by atoms with Gasteiger partial charge in [-0.2, -0.15) is 5.10 Å². The van der Waals surface area contributed by atoms with Crippen LogP contribution in [0.1, 0.15) is 5.56 Å². The van der Waals surface area contributed by atoms with Gasteiger partial charge in [0.15, 0.2) is 0 Å². The fraction of sp³-hybridized carbons (Fsp3) is 0.308. The van der Waals surface area contributed by atoms with Gasteiger partial charge in [0.05, 0.1) is 18.0 Å². The zero-order valence-electron chi connectivity index (χ0n) is 11.0. The molecule has 0 fully saturated rings. The lowest BCUT2D eigenvalue weighted by atomic mass is 10.1. The third-order valence-corrected chi connectivity index (χ3v) is 3.73. The van der Waals surface area contributed by atoms with Crippen molar-refractivity contribution in [1.29, 1.82) is 0 Å². The molecule has 0 aliphatic rings. The highest BCUT2D eigenvalue weighted by Crippen LogP contribution is 2.24. The van der Waals surface area contributed by atoms with Crippen LogP contribution in [0.5, 0.6) is 0 Å². The van der Waals surface area contributed by atoms with E-state index in [1.165, 1.54) is 11.8 Å². The van der Waals surface area contributed by atoms with E-state index in [1.54, 1.807) is 10.9 Å². The SMILES string of the molecule is Cc1ccc(-c2nn(CCS(C)(=O)=O)cc2N)cc1. The first-order valence-corrected chi connectivity index (χ1v) is 7.99. The van der Waals surface area contributed by atoms with Gasteiger partial charge in [-0.3, -0.25) is 4.68 Å². The van der Waals surface area contributed by atoms with Crippen LogP contribution in [0.15, 0.2) is 30.5 Å². The topological polar surface area (TPSA) is 78.0 Å². The van der Waals surface area contributed by atoms with Crippen LogP contribution < -0.4 is 5.73 Å². The Morgan fingerprint density at radius 2 is 1.89 bits per heavy atom. The summed E-state index contributed by atoms with van der Waals surface area (Å²) < 4.78 is 23.8. The summed E-state index contributed by atoms with van der Waals surface area (Å²) in [5, 5.41) is 4.34. The van der Waals surface area contributed by atoms with Gasteiger partial charge in [-0.15, -0.1) is 0 Å². The second-order valence-corrected chi connectivity index (χ2v) is 6.95. The normalized spacial score (nSPS) is 11.7. The fourth-order valence-corrected chi connectivity index (χ4v) is 2.27. The monoisotopic (exact) mass is 279 g/mol. The second-order valence-electron chi connectivity index (χ2n) is 4.69. The molecule has 0 radical (unpaired) electrons. The molecule has 1 aromatic carbocycles. The van der Waals surface area contributed by atoms with E-state index in [2.05, 4.69) is 5.10 Å². The molecule has 0 saturated heterocycles. The Morgan fingerprint density at radius 1 is 1.26 bits per heavy atom. The molecule has 102 valence electrons. The van der Waals surface area contributed by atoms with Gasteiger partial charge >= 0.3 is 0 Å². The van der Waals surface area contributed by atoms with Gasteiger partial charge in [0.1, 0.15) is 15.5 Å². The zero-order chi connectivity index (χ0) is 14.0. The molecule has 5 nitrogen and oxygen atoms in total. The number of nitrogens with zero attached hydrogens (tertiary/aromatic N) is 2. The molecular weight excluding hydrogens is 262 g/mol. The molecule has 0 unspecified atom stereocenters. The first-order chi connectivity index (χ1) is 8.85. The van der Waals surface area contributed by atoms with Gasteiger partial charge < -0.3 is 5.73 Å². The Kier molecular flexibility index (Phi) is 3.61. The molecular formula is C13H17N3O2S. The molecule has 19 heavy (non-hydrogen) atoms. The number of rotatable bonds is 4. The third-order valence-electron chi connectivity index (χ3n) is 2.81. The van der Waals surface area contributed by atoms with E-state index >= 15 is 0 Å². The lowest BCUT2D eigenvalue weighted by Gasteiger charge is -2.00. The molecule has 2 N–H and O–H groups in total. The predicted octanol–water partition coefficient (Wildman–Crippen LogP) is 1.49. The Labute approximate surface area is 113 Å². The van der Waals surface area contributed by atoms with Crippen molar-refractivity contribution in [2.75, 3.05) is 17.7 Å². The molecule has 1 aromatic heterocycles. The first-order valence-electron chi connectivity index (χ1n) is 5.93. The van der Waals surface area contributed by atoms with Crippen molar-refractivity contribution in [2.45, 2.75) is 13.5 Å². The number of hydrogen-bond acceptors (Lipinski definition) is 4. The number of nitrogens with two attached hydrogens (primary N) is 1. The summed E-state index contributed by atoms with van der Waals surface area (Å²) in [5.74, 6) is 0.0570. The molecule has 0 spiro atoms. The van der Waals surface area contributed by atoms with E-state index in [1.807, 2.05) is 31.2 Å². The van der Waals surface area contributed by atoms with Crippen molar-refractivity contribution in [3.63, 3.8) is 0 Å². The molecule has 0 aliphatic carbocycles. The fourth-order valence-electron chi connectivity index (χ4n) is 1.75. The molecule has 0 amide bonds. The molecule has 0 aliphatic heterocycles. The Morgan fingerprint density at radius 3 is 2.47 bits per heavy atom. The van der Waals surface area contributed by atoms with Crippen LogP contribution >= 0.6 is 0 Å². The van der Waals surface area contributed by atoms with E-state index in [0.29, 0.717) is 17.9 Å². The Bertz CT molecular complexity index is 672. The third kappa shape index (κ3) is 3.57. The molecule has 6 heteroatoms. The quantitative estimate of drug-likeness (QED) is 0.919. The Hall–Kier alpha value is -1.82. The number of hydrogen-bond donors (Lipinski definition) is 1. The minimum atomic E-state index is -3.00. The van der Waals surface area contributed by atoms with Crippen molar-refractivity contribution in [2.24, 2.45) is 0 Å². The van der Waals surface area contributed by atoms with Gasteiger partial charge in [0, 0.05) is 18.0 Å².